The normalized spacial score (nSPS) is 12.4. The molecule has 1 unspecified atom stereocenters. The highest BCUT2D eigenvalue weighted by molar-refractivity contribution is 6.36. The number of hydrogen-bond acceptors (Lipinski definition) is 2. The van der Waals surface area contributed by atoms with E-state index in [1.165, 1.54) is 16.7 Å². The highest BCUT2D eigenvalue weighted by Crippen LogP contribution is 2.32. The van der Waals surface area contributed by atoms with E-state index in [2.05, 4.69) is 37.5 Å². The van der Waals surface area contributed by atoms with Crippen molar-refractivity contribution >= 4 is 23.2 Å². The van der Waals surface area contributed by atoms with Crippen LogP contribution in [0.4, 0.5) is 0 Å². The molecule has 106 valence electrons. The second kappa shape index (κ2) is 6.59. The van der Waals surface area contributed by atoms with E-state index < -0.39 is 0 Å². The van der Waals surface area contributed by atoms with Gasteiger partial charge in [-0.2, -0.15) is 0 Å². The third-order valence-electron chi connectivity index (χ3n) is 3.60. The third-order valence-corrected chi connectivity index (χ3v) is 4.26. The minimum atomic E-state index is -0.115. The summed E-state index contributed by atoms with van der Waals surface area (Å²) in [5.74, 6) is 5.72. The van der Waals surface area contributed by atoms with Crippen molar-refractivity contribution in [3.8, 4) is 0 Å². The predicted molar refractivity (Wildman–Crippen MR) is 86.1 cm³/mol. The Balaban J connectivity index is 2.39. The van der Waals surface area contributed by atoms with Gasteiger partial charge < -0.3 is 0 Å². The molecule has 0 fully saturated rings. The molecule has 2 nitrogen and oxygen atoms in total. The quantitative estimate of drug-likeness (QED) is 0.650. The lowest BCUT2D eigenvalue weighted by atomic mass is 9.93. The summed E-state index contributed by atoms with van der Waals surface area (Å²) < 4.78 is 0. The Bertz CT molecular complexity index is 571. The van der Waals surface area contributed by atoms with Crippen LogP contribution in [-0.2, 0) is 6.42 Å². The lowest BCUT2D eigenvalue weighted by Crippen LogP contribution is -2.30. The van der Waals surface area contributed by atoms with Crippen molar-refractivity contribution in [1.82, 2.24) is 5.43 Å². The third kappa shape index (κ3) is 3.15. The number of nitrogens with two attached hydrogens (primary N) is 1. The summed E-state index contributed by atoms with van der Waals surface area (Å²) in [5.41, 5.74) is 7.44. The van der Waals surface area contributed by atoms with Gasteiger partial charge in [-0.15, -0.1) is 0 Å². The van der Waals surface area contributed by atoms with Crippen LogP contribution >= 0.6 is 23.2 Å². The molecule has 0 aromatic heterocycles. The molecule has 0 aliphatic rings. The first-order valence-electron chi connectivity index (χ1n) is 6.49. The molecule has 1 atom stereocenters. The number of benzene rings is 2. The van der Waals surface area contributed by atoms with Crippen LogP contribution in [-0.4, -0.2) is 0 Å². The van der Waals surface area contributed by atoms with Crippen molar-refractivity contribution < 1.29 is 0 Å². The Hall–Kier alpha value is -1.06. The highest BCUT2D eigenvalue weighted by atomic mass is 35.5. The molecule has 3 N–H and O–H groups in total. The molecule has 0 saturated carbocycles. The number of rotatable bonds is 4. The summed E-state index contributed by atoms with van der Waals surface area (Å²) >= 11 is 12.5. The predicted octanol–water partition coefficient (Wildman–Crippen LogP) is 4.36. The summed E-state index contributed by atoms with van der Waals surface area (Å²) in [7, 11) is 0. The summed E-state index contributed by atoms with van der Waals surface area (Å²) in [6, 6.07) is 11.6. The van der Waals surface area contributed by atoms with Crippen LogP contribution in [0.3, 0.4) is 0 Å². The van der Waals surface area contributed by atoms with Crippen LogP contribution in [0.25, 0.3) is 0 Å². The molecule has 0 bridgehead atoms. The van der Waals surface area contributed by atoms with Gasteiger partial charge in [-0.1, -0.05) is 47.5 Å². The molecule has 4 heteroatoms. The van der Waals surface area contributed by atoms with E-state index in [1.54, 1.807) is 0 Å². The van der Waals surface area contributed by atoms with E-state index in [0.29, 0.717) is 10.0 Å². The average molecular weight is 309 g/mol. The van der Waals surface area contributed by atoms with Gasteiger partial charge in [-0.05, 0) is 49.1 Å². The first-order valence-corrected chi connectivity index (χ1v) is 7.25. The fourth-order valence-electron chi connectivity index (χ4n) is 2.46. The van der Waals surface area contributed by atoms with Crippen molar-refractivity contribution in [3.05, 3.63) is 68.7 Å². The van der Waals surface area contributed by atoms with Gasteiger partial charge in [0.05, 0.1) is 6.04 Å². The van der Waals surface area contributed by atoms with E-state index in [0.717, 1.165) is 12.0 Å². The van der Waals surface area contributed by atoms with Crippen LogP contribution in [0.5, 0.6) is 0 Å². The van der Waals surface area contributed by atoms with Gasteiger partial charge in [0.2, 0.25) is 0 Å². The number of halogens is 2. The lowest BCUT2D eigenvalue weighted by Gasteiger charge is -2.21. The summed E-state index contributed by atoms with van der Waals surface area (Å²) in [6.07, 6.45) is 0.748. The van der Waals surface area contributed by atoms with Crippen LogP contribution in [0, 0.1) is 13.8 Å². The molecule has 0 spiro atoms. The standard InChI is InChI=1S/C16H18Cl2N2/c1-10-5-3-6-11(2)12(10)9-15(20-19)16-13(17)7-4-8-14(16)18/h3-8,15,20H,9,19H2,1-2H3. The zero-order valence-electron chi connectivity index (χ0n) is 11.6. The topological polar surface area (TPSA) is 38.0 Å². The SMILES string of the molecule is Cc1cccc(C)c1CC(NN)c1c(Cl)cccc1Cl. The van der Waals surface area contributed by atoms with Crippen LogP contribution in [0.1, 0.15) is 28.3 Å². The minimum absolute atomic E-state index is 0.115. The van der Waals surface area contributed by atoms with Crippen molar-refractivity contribution in [2.24, 2.45) is 5.84 Å². The zero-order chi connectivity index (χ0) is 14.7. The van der Waals surface area contributed by atoms with Crippen LogP contribution in [0.15, 0.2) is 36.4 Å². The van der Waals surface area contributed by atoms with Gasteiger partial charge in [-0.25, -0.2) is 0 Å². The Morgan fingerprint density at radius 2 is 1.50 bits per heavy atom. The van der Waals surface area contributed by atoms with E-state index in [1.807, 2.05) is 18.2 Å². The minimum Gasteiger partial charge on any atom is -0.271 e. The average Bonchev–Trinajstić information content (AvgIpc) is 2.40. The van der Waals surface area contributed by atoms with Gasteiger partial charge in [-0.3, -0.25) is 11.3 Å². The second-order valence-corrected chi connectivity index (χ2v) is 5.74. The Morgan fingerprint density at radius 1 is 1.00 bits per heavy atom. The molecule has 0 amide bonds. The molecular weight excluding hydrogens is 291 g/mol. The fraction of sp³-hybridized carbons (Fsp3) is 0.250. The van der Waals surface area contributed by atoms with Gasteiger partial charge in [0, 0.05) is 15.6 Å². The second-order valence-electron chi connectivity index (χ2n) is 4.93. The summed E-state index contributed by atoms with van der Waals surface area (Å²) in [4.78, 5) is 0. The Morgan fingerprint density at radius 3 is 2.00 bits per heavy atom. The monoisotopic (exact) mass is 308 g/mol. The molecular formula is C16H18Cl2N2. The number of nitrogens with one attached hydrogen (secondary N) is 1. The molecule has 0 aliphatic carbocycles. The molecule has 0 heterocycles. The zero-order valence-corrected chi connectivity index (χ0v) is 13.1. The molecule has 0 aliphatic heterocycles. The van der Waals surface area contributed by atoms with Crippen molar-refractivity contribution in [2.45, 2.75) is 26.3 Å². The first-order chi connectivity index (χ1) is 9.54. The van der Waals surface area contributed by atoms with E-state index >= 15 is 0 Å². The molecule has 20 heavy (non-hydrogen) atoms. The number of hydrazine groups is 1. The van der Waals surface area contributed by atoms with Crippen molar-refractivity contribution in [3.63, 3.8) is 0 Å². The Labute approximate surface area is 129 Å². The maximum atomic E-state index is 6.27. The summed E-state index contributed by atoms with van der Waals surface area (Å²) in [5, 5.41) is 1.26. The molecule has 2 aromatic carbocycles. The first kappa shape index (κ1) is 15.3. The maximum Gasteiger partial charge on any atom is 0.0530 e. The maximum absolute atomic E-state index is 6.27. The van der Waals surface area contributed by atoms with Gasteiger partial charge >= 0.3 is 0 Å². The van der Waals surface area contributed by atoms with E-state index in [9.17, 15) is 0 Å². The smallest absolute Gasteiger partial charge is 0.0530 e. The molecule has 2 rings (SSSR count). The van der Waals surface area contributed by atoms with E-state index in [-0.39, 0.29) is 6.04 Å². The van der Waals surface area contributed by atoms with Gasteiger partial charge in [0.25, 0.3) is 0 Å². The van der Waals surface area contributed by atoms with Crippen molar-refractivity contribution in [2.75, 3.05) is 0 Å². The Kier molecular flexibility index (Phi) is 5.06. The molecule has 2 aromatic rings. The number of hydrogen-bond donors (Lipinski definition) is 2. The largest absolute Gasteiger partial charge is 0.271 e. The van der Waals surface area contributed by atoms with Gasteiger partial charge in [0.15, 0.2) is 0 Å². The number of aryl methyl sites for hydroxylation is 2. The lowest BCUT2D eigenvalue weighted by molar-refractivity contribution is 0.550. The van der Waals surface area contributed by atoms with Gasteiger partial charge in [0.1, 0.15) is 0 Å². The van der Waals surface area contributed by atoms with Crippen LogP contribution in [0.2, 0.25) is 10.0 Å². The highest BCUT2D eigenvalue weighted by Gasteiger charge is 2.18. The fourth-order valence-corrected chi connectivity index (χ4v) is 3.12. The summed E-state index contributed by atoms with van der Waals surface area (Å²) in [6.45, 7) is 4.20. The van der Waals surface area contributed by atoms with Crippen molar-refractivity contribution in [1.29, 1.82) is 0 Å². The molecule has 0 radical (unpaired) electrons. The molecule has 0 saturated heterocycles. The van der Waals surface area contributed by atoms with Crippen LogP contribution < -0.4 is 11.3 Å². The van der Waals surface area contributed by atoms with E-state index in [4.69, 9.17) is 29.0 Å².